The second-order valence-electron chi connectivity index (χ2n) is 5.41. The third-order valence-electron chi connectivity index (χ3n) is 3.35. The summed E-state index contributed by atoms with van der Waals surface area (Å²) < 4.78 is 27.7. The van der Waals surface area contributed by atoms with Crippen molar-refractivity contribution in [1.29, 1.82) is 0 Å². The average molecular weight is 381 g/mol. The SMILES string of the molecule is CC(CCl)CS(=O)(=O)N(Cc1ccccc1Br)C1CC1. The zero-order valence-corrected chi connectivity index (χ0v) is 14.6. The van der Waals surface area contributed by atoms with E-state index in [9.17, 15) is 8.42 Å². The van der Waals surface area contributed by atoms with Gasteiger partial charge in [0.25, 0.3) is 0 Å². The number of hydrogen-bond acceptors (Lipinski definition) is 2. The summed E-state index contributed by atoms with van der Waals surface area (Å²) in [5, 5.41) is 0. The van der Waals surface area contributed by atoms with Crippen molar-refractivity contribution in [2.24, 2.45) is 5.92 Å². The van der Waals surface area contributed by atoms with Gasteiger partial charge < -0.3 is 0 Å². The second-order valence-corrected chi connectivity index (χ2v) is 8.53. The predicted molar refractivity (Wildman–Crippen MR) is 86.4 cm³/mol. The Bertz CT molecular complexity index is 560. The van der Waals surface area contributed by atoms with Crippen LogP contribution < -0.4 is 0 Å². The molecule has 1 aromatic rings. The molecule has 0 bridgehead atoms. The fourth-order valence-electron chi connectivity index (χ4n) is 2.11. The van der Waals surface area contributed by atoms with Gasteiger partial charge in [0.2, 0.25) is 10.0 Å². The Morgan fingerprint density at radius 1 is 1.40 bits per heavy atom. The van der Waals surface area contributed by atoms with Crippen LogP contribution in [0.5, 0.6) is 0 Å². The molecule has 1 aromatic carbocycles. The van der Waals surface area contributed by atoms with E-state index >= 15 is 0 Å². The molecule has 0 amide bonds. The van der Waals surface area contributed by atoms with E-state index in [1.807, 2.05) is 31.2 Å². The largest absolute Gasteiger partial charge is 0.214 e. The van der Waals surface area contributed by atoms with Gasteiger partial charge in [0.15, 0.2) is 0 Å². The van der Waals surface area contributed by atoms with E-state index in [1.54, 1.807) is 4.31 Å². The first-order valence-corrected chi connectivity index (χ1v) is 9.66. The van der Waals surface area contributed by atoms with E-state index in [0.29, 0.717) is 12.4 Å². The molecule has 0 spiro atoms. The van der Waals surface area contributed by atoms with Crippen molar-refractivity contribution in [2.45, 2.75) is 32.4 Å². The Labute approximate surface area is 134 Å². The van der Waals surface area contributed by atoms with Crippen LogP contribution in [0.3, 0.4) is 0 Å². The summed E-state index contributed by atoms with van der Waals surface area (Å²) in [5.41, 5.74) is 1.00. The molecular weight excluding hydrogens is 362 g/mol. The van der Waals surface area contributed by atoms with Crippen molar-refractivity contribution < 1.29 is 8.42 Å². The Kier molecular flexibility index (Phi) is 5.51. The third kappa shape index (κ3) is 4.20. The van der Waals surface area contributed by atoms with E-state index < -0.39 is 10.0 Å². The monoisotopic (exact) mass is 379 g/mol. The first-order chi connectivity index (χ1) is 9.44. The predicted octanol–water partition coefficient (Wildman–Crippen LogP) is 3.62. The van der Waals surface area contributed by atoms with Gasteiger partial charge in [0.05, 0.1) is 5.75 Å². The minimum absolute atomic E-state index is 0.0258. The summed E-state index contributed by atoms with van der Waals surface area (Å²) in [6, 6.07) is 7.92. The van der Waals surface area contributed by atoms with Crippen molar-refractivity contribution in [3.8, 4) is 0 Å². The van der Waals surface area contributed by atoms with Crippen LogP contribution in [0.4, 0.5) is 0 Å². The molecular formula is C14H19BrClNO2S. The molecule has 0 saturated heterocycles. The lowest BCUT2D eigenvalue weighted by molar-refractivity contribution is 0.394. The summed E-state index contributed by atoms with van der Waals surface area (Å²) in [5.74, 6) is 0.464. The van der Waals surface area contributed by atoms with Crippen LogP contribution in [0.15, 0.2) is 28.7 Å². The minimum atomic E-state index is -3.26. The average Bonchev–Trinajstić information content (AvgIpc) is 3.21. The van der Waals surface area contributed by atoms with Crippen molar-refractivity contribution in [2.75, 3.05) is 11.6 Å². The second kappa shape index (κ2) is 6.77. The van der Waals surface area contributed by atoms with E-state index in [1.165, 1.54) is 0 Å². The van der Waals surface area contributed by atoms with Gasteiger partial charge in [-0.1, -0.05) is 41.1 Å². The molecule has 1 fully saturated rings. The summed E-state index contributed by atoms with van der Waals surface area (Å²) >= 11 is 9.24. The van der Waals surface area contributed by atoms with Crippen LogP contribution in [0.2, 0.25) is 0 Å². The van der Waals surface area contributed by atoms with Gasteiger partial charge in [-0.2, -0.15) is 4.31 Å². The molecule has 1 aliphatic carbocycles. The highest BCUT2D eigenvalue weighted by atomic mass is 79.9. The van der Waals surface area contributed by atoms with Crippen molar-refractivity contribution in [3.63, 3.8) is 0 Å². The molecule has 1 saturated carbocycles. The van der Waals surface area contributed by atoms with Gasteiger partial charge in [-0.15, -0.1) is 11.6 Å². The van der Waals surface area contributed by atoms with Crippen molar-refractivity contribution >= 4 is 37.6 Å². The molecule has 0 radical (unpaired) electrons. The molecule has 2 rings (SSSR count). The van der Waals surface area contributed by atoms with Crippen LogP contribution in [0.1, 0.15) is 25.3 Å². The maximum atomic E-state index is 12.5. The molecule has 1 aliphatic rings. The number of alkyl halides is 1. The first kappa shape index (κ1) is 16.3. The van der Waals surface area contributed by atoms with Gasteiger partial charge in [0, 0.05) is 22.9 Å². The lowest BCUT2D eigenvalue weighted by Crippen LogP contribution is -2.36. The minimum Gasteiger partial charge on any atom is -0.212 e. The normalized spacial score (nSPS) is 17.4. The molecule has 6 heteroatoms. The number of nitrogens with zero attached hydrogens (tertiary/aromatic N) is 1. The molecule has 1 unspecified atom stereocenters. The van der Waals surface area contributed by atoms with Gasteiger partial charge in [-0.25, -0.2) is 8.42 Å². The molecule has 112 valence electrons. The number of benzene rings is 1. The van der Waals surface area contributed by atoms with Gasteiger partial charge in [0.1, 0.15) is 0 Å². The smallest absolute Gasteiger partial charge is 0.212 e. The zero-order valence-electron chi connectivity index (χ0n) is 11.4. The highest BCUT2D eigenvalue weighted by Crippen LogP contribution is 2.32. The van der Waals surface area contributed by atoms with Crippen molar-refractivity contribution in [3.05, 3.63) is 34.3 Å². The standard InChI is InChI=1S/C14H19BrClNO2S/c1-11(8-16)10-20(18,19)17(13-6-7-13)9-12-4-2-3-5-14(12)15/h2-5,11,13H,6-10H2,1H3. The molecule has 3 nitrogen and oxygen atoms in total. The molecule has 20 heavy (non-hydrogen) atoms. The summed E-state index contributed by atoms with van der Waals surface area (Å²) in [6.07, 6.45) is 1.91. The van der Waals surface area contributed by atoms with Crippen LogP contribution in [0.25, 0.3) is 0 Å². The number of hydrogen-bond donors (Lipinski definition) is 0. The zero-order chi connectivity index (χ0) is 14.8. The maximum absolute atomic E-state index is 12.5. The van der Waals surface area contributed by atoms with E-state index in [0.717, 1.165) is 22.9 Å². The quantitative estimate of drug-likeness (QED) is 0.678. The third-order valence-corrected chi connectivity index (χ3v) is 6.79. The number of rotatable bonds is 7. The Morgan fingerprint density at radius 2 is 2.05 bits per heavy atom. The van der Waals surface area contributed by atoms with Crippen molar-refractivity contribution in [1.82, 2.24) is 4.31 Å². The molecule has 0 aromatic heterocycles. The van der Waals surface area contributed by atoms with Gasteiger partial charge in [-0.05, 0) is 30.4 Å². The first-order valence-electron chi connectivity index (χ1n) is 6.73. The number of sulfonamides is 1. The van der Waals surface area contributed by atoms with Gasteiger partial charge in [-0.3, -0.25) is 0 Å². The Hall–Kier alpha value is -0.100. The fraction of sp³-hybridized carbons (Fsp3) is 0.571. The van der Waals surface area contributed by atoms with E-state index in [-0.39, 0.29) is 17.7 Å². The van der Waals surface area contributed by atoms with Crippen LogP contribution in [0, 0.1) is 5.92 Å². The number of halogens is 2. The van der Waals surface area contributed by atoms with Crippen LogP contribution >= 0.6 is 27.5 Å². The van der Waals surface area contributed by atoms with Crippen LogP contribution in [-0.2, 0) is 16.6 Å². The Morgan fingerprint density at radius 3 is 2.60 bits per heavy atom. The molecule has 0 N–H and O–H groups in total. The fourth-order valence-corrected chi connectivity index (χ4v) is 4.79. The Balaban J connectivity index is 2.17. The summed E-state index contributed by atoms with van der Waals surface area (Å²) in [4.78, 5) is 0. The summed E-state index contributed by atoms with van der Waals surface area (Å²) in [6.45, 7) is 2.30. The maximum Gasteiger partial charge on any atom is 0.214 e. The van der Waals surface area contributed by atoms with Crippen LogP contribution in [-0.4, -0.2) is 30.4 Å². The highest BCUT2D eigenvalue weighted by Gasteiger charge is 2.37. The highest BCUT2D eigenvalue weighted by molar-refractivity contribution is 9.10. The molecule has 0 aliphatic heterocycles. The van der Waals surface area contributed by atoms with E-state index in [2.05, 4.69) is 15.9 Å². The lowest BCUT2D eigenvalue weighted by Gasteiger charge is -2.24. The summed E-state index contributed by atoms with van der Waals surface area (Å²) in [7, 11) is -3.26. The topological polar surface area (TPSA) is 37.4 Å². The van der Waals surface area contributed by atoms with E-state index in [4.69, 9.17) is 11.6 Å². The molecule has 1 atom stereocenters. The van der Waals surface area contributed by atoms with Gasteiger partial charge >= 0.3 is 0 Å². The lowest BCUT2D eigenvalue weighted by atomic mass is 10.2. The molecule has 0 heterocycles.